The predicted octanol–water partition coefficient (Wildman–Crippen LogP) is 2.89. The van der Waals surface area contributed by atoms with Crippen molar-refractivity contribution < 1.29 is 23.1 Å². The molecule has 0 saturated carbocycles. The van der Waals surface area contributed by atoms with E-state index < -0.39 is 34.4 Å². The highest BCUT2D eigenvalue weighted by atomic mass is 19.1. The standard InChI is InChI=1S/C23H18F3N3O3/c1-3-14-20-15(9-18(26)21(14)28-7-6-27-12(2)10-28)22(30)16(23(31)32)11-29(20)19-5-4-13(24)8-17(19)25/h1,4-5,8-9,11-12,27H,6-7,10H2,2H3,(H,31,32). The zero-order valence-electron chi connectivity index (χ0n) is 17.0. The van der Waals surface area contributed by atoms with Crippen LogP contribution in [-0.4, -0.2) is 41.3 Å². The number of hydrogen-bond acceptors (Lipinski definition) is 4. The number of aromatic carboxylic acids is 1. The van der Waals surface area contributed by atoms with Gasteiger partial charge in [-0.25, -0.2) is 18.0 Å². The van der Waals surface area contributed by atoms with Gasteiger partial charge in [-0.15, -0.1) is 6.42 Å². The lowest BCUT2D eigenvalue weighted by atomic mass is 10.0. The van der Waals surface area contributed by atoms with E-state index in [9.17, 15) is 23.5 Å². The van der Waals surface area contributed by atoms with Crippen LogP contribution in [0.3, 0.4) is 0 Å². The second-order valence-electron chi connectivity index (χ2n) is 7.57. The number of pyridine rings is 1. The molecule has 9 heteroatoms. The van der Waals surface area contributed by atoms with Crippen molar-refractivity contribution in [1.29, 1.82) is 0 Å². The SMILES string of the molecule is C#Cc1c(N2CCNC(C)C2)c(F)cc2c(=O)c(C(=O)O)cn(-c3ccc(F)cc3F)c12. The predicted molar refractivity (Wildman–Crippen MR) is 114 cm³/mol. The van der Waals surface area contributed by atoms with E-state index in [0.717, 1.165) is 29.0 Å². The number of nitrogens with zero attached hydrogens (tertiary/aromatic N) is 2. The summed E-state index contributed by atoms with van der Waals surface area (Å²) < 4.78 is 44.5. The Morgan fingerprint density at radius 3 is 2.62 bits per heavy atom. The molecule has 2 heterocycles. The maximum Gasteiger partial charge on any atom is 0.341 e. The summed E-state index contributed by atoms with van der Waals surface area (Å²) in [5, 5.41) is 12.4. The van der Waals surface area contributed by atoms with Crippen LogP contribution in [-0.2, 0) is 0 Å². The molecule has 4 rings (SSSR count). The lowest BCUT2D eigenvalue weighted by Crippen LogP contribution is -2.49. The Morgan fingerprint density at radius 1 is 1.25 bits per heavy atom. The van der Waals surface area contributed by atoms with Crippen LogP contribution in [0.5, 0.6) is 0 Å². The van der Waals surface area contributed by atoms with Crippen LogP contribution in [0.15, 0.2) is 35.3 Å². The zero-order chi connectivity index (χ0) is 23.2. The summed E-state index contributed by atoms with van der Waals surface area (Å²) in [6.07, 6.45) is 6.66. The first-order chi connectivity index (χ1) is 15.2. The van der Waals surface area contributed by atoms with Gasteiger partial charge in [0.2, 0.25) is 5.43 Å². The van der Waals surface area contributed by atoms with Crippen LogP contribution < -0.4 is 15.6 Å². The van der Waals surface area contributed by atoms with Crippen LogP contribution in [0.2, 0.25) is 0 Å². The number of carbonyl (C=O) groups is 1. The third-order valence-corrected chi connectivity index (χ3v) is 5.44. The molecule has 0 bridgehead atoms. The quantitative estimate of drug-likeness (QED) is 0.612. The summed E-state index contributed by atoms with van der Waals surface area (Å²) in [7, 11) is 0. The fraction of sp³-hybridized carbons (Fsp3) is 0.217. The molecule has 1 fully saturated rings. The average molecular weight is 441 g/mol. The minimum Gasteiger partial charge on any atom is -0.477 e. The Bertz CT molecular complexity index is 1360. The lowest BCUT2D eigenvalue weighted by Gasteiger charge is -2.35. The summed E-state index contributed by atoms with van der Waals surface area (Å²) in [6.45, 7) is 3.35. The number of hydrogen-bond donors (Lipinski definition) is 2. The van der Waals surface area contributed by atoms with Gasteiger partial charge in [0.05, 0.1) is 27.8 Å². The van der Waals surface area contributed by atoms with Gasteiger partial charge in [-0.3, -0.25) is 4.79 Å². The van der Waals surface area contributed by atoms with Gasteiger partial charge in [0, 0.05) is 37.9 Å². The number of carboxylic acid groups (broad SMARTS) is 1. The average Bonchev–Trinajstić information content (AvgIpc) is 2.73. The van der Waals surface area contributed by atoms with E-state index in [0.29, 0.717) is 25.7 Å². The van der Waals surface area contributed by atoms with Crippen LogP contribution in [0.25, 0.3) is 16.6 Å². The van der Waals surface area contributed by atoms with E-state index in [-0.39, 0.29) is 33.9 Å². The molecule has 1 aliphatic rings. The fourth-order valence-corrected chi connectivity index (χ4v) is 4.05. The van der Waals surface area contributed by atoms with E-state index in [1.807, 2.05) is 6.92 Å². The summed E-state index contributed by atoms with van der Waals surface area (Å²) >= 11 is 0. The van der Waals surface area contributed by atoms with Crippen LogP contribution in [0, 0.1) is 29.8 Å². The summed E-state index contributed by atoms with van der Waals surface area (Å²) in [5.41, 5.74) is -1.88. The van der Waals surface area contributed by atoms with Gasteiger partial charge in [0.15, 0.2) is 0 Å². The molecular weight excluding hydrogens is 423 g/mol. The molecule has 0 spiro atoms. The number of nitrogens with one attached hydrogen (secondary N) is 1. The number of rotatable bonds is 3. The van der Waals surface area contributed by atoms with Crippen molar-refractivity contribution in [2.45, 2.75) is 13.0 Å². The fourth-order valence-electron chi connectivity index (χ4n) is 4.05. The molecule has 0 amide bonds. The van der Waals surface area contributed by atoms with Crippen molar-refractivity contribution in [2.75, 3.05) is 24.5 Å². The summed E-state index contributed by atoms with van der Waals surface area (Å²) in [5.74, 6) is -1.80. The first-order valence-electron chi connectivity index (χ1n) is 9.78. The summed E-state index contributed by atoms with van der Waals surface area (Å²) in [6, 6.07) is 3.66. The molecule has 164 valence electrons. The monoisotopic (exact) mass is 441 g/mol. The van der Waals surface area contributed by atoms with Crippen molar-refractivity contribution in [1.82, 2.24) is 9.88 Å². The zero-order valence-corrected chi connectivity index (χ0v) is 17.0. The number of benzene rings is 2. The molecule has 3 aromatic rings. The number of anilines is 1. The topological polar surface area (TPSA) is 74.6 Å². The van der Waals surface area contributed by atoms with E-state index in [1.54, 1.807) is 4.90 Å². The van der Waals surface area contributed by atoms with Gasteiger partial charge < -0.3 is 19.9 Å². The van der Waals surface area contributed by atoms with Crippen molar-refractivity contribution in [3.05, 3.63) is 69.3 Å². The molecular formula is C23H18F3N3O3. The van der Waals surface area contributed by atoms with Gasteiger partial charge in [-0.1, -0.05) is 5.92 Å². The van der Waals surface area contributed by atoms with Crippen molar-refractivity contribution in [2.24, 2.45) is 0 Å². The minimum atomic E-state index is -1.57. The van der Waals surface area contributed by atoms with Crippen molar-refractivity contribution >= 4 is 22.6 Å². The Morgan fingerprint density at radius 2 is 2.00 bits per heavy atom. The van der Waals surface area contributed by atoms with E-state index in [2.05, 4.69) is 11.2 Å². The Kier molecular flexibility index (Phi) is 5.40. The van der Waals surface area contributed by atoms with Crippen molar-refractivity contribution in [3.8, 4) is 18.0 Å². The van der Waals surface area contributed by atoms with Gasteiger partial charge in [0.25, 0.3) is 0 Å². The number of carboxylic acids is 1. The first kappa shape index (κ1) is 21.5. The largest absolute Gasteiger partial charge is 0.477 e. The molecule has 1 unspecified atom stereocenters. The molecule has 2 N–H and O–H groups in total. The molecule has 1 atom stereocenters. The first-order valence-corrected chi connectivity index (χ1v) is 9.78. The number of piperazine rings is 1. The number of fused-ring (bicyclic) bond motifs is 1. The maximum atomic E-state index is 15.3. The van der Waals surface area contributed by atoms with Crippen LogP contribution in [0.4, 0.5) is 18.9 Å². The number of aromatic nitrogens is 1. The smallest absolute Gasteiger partial charge is 0.341 e. The highest BCUT2D eigenvalue weighted by Crippen LogP contribution is 2.33. The molecule has 32 heavy (non-hydrogen) atoms. The minimum absolute atomic E-state index is 0.0214. The van der Waals surface area contributed by atoms with E-state index >= 15 is 4.39 Å². The van der Waals surface area contributed by atoms with Gasteiger partial charge in [-0.05, 0) is 25.1 Å². The van der Waals surface area contributed by atoms with E-state index in [4.69, 9.17) is 6.42 Å². The molecule has 6 nitrogen and oxygen atoms in total. The molecule has 1 aromatic heterocycles. The summed E-state index contributed by atoms with van der Waals surface area (Å²) in [4.78, 5) is 26.2. The highest BCUT2D eigenvalue weighted by molar-refractivity contribution is 5.97. The lowest BCUT2D eigenvalue weighted by molar-refractivity contribution is 0.0695. The Hall–Kier alpha value is -3.77. The maximum absolute atomic E-state index is 15.3. The third-order valence-electron chi connectivity index (χ3n) is 5.44. The van der Waals surface area contributed by atoms with E-state index in [1.165, 1.54) is 0 Å². The molecule has 1 saturated heterocycles. The van der Waals surface area contributed by atoms with Crippen LogP contribution >= 0.6 is 0 Å². The highest BCUT2D eigenvalue weighted by Gasteiger charge is 2.27. The van der Waals surface area contributed by atoms with Crippen molar-refractivity contribution in [3.63, 3.8) is 0 Å². The Labute approximate surface area is 180 Å². The Balaban J connectivity index is 2.15. The van der Waals surface area contributed by atoms with Crippen LogP contribution in [0.1, 0.15) is 22.8 Å². The second-order valence-corrected chi connectivity index (χ2v) is 7.57. The normalized spacial score (nSPS) is 16.2. The molecule has 0 radical (unpaired) electrons. The van der Waals surface area contributed by atoms with Gasteiger partial charge in [-0.2, -0.15) is 0 Å². The van der Waals surface area contributed by atoms with Gasteiger partial charge in [0.1, 0.15) is 23.0 Å². The second kappa shape index (κ2) is 8.05. The molecule has 0 aliphatic carbocycles. The molecule has 1 aliphatic heterocycles. The number of halogens is 3. The molecule has 2 aromatic carbocycles. The third kappa shape index (κ3) is 3.48. The number of terminal acetylenes is 1. The van der Waals surface area contributed by atoms with Gasteiger partial charge >= 0.3 is 5.97 Å².